The van der Waals surface area contributed by atoms with Gasteiger partial charge in [-0.25, -0.2) is 0 Å². The van der Waals surface area contributed by atoms with E-state index in [9.17, 15) is 0 Å². The first kappa shape index (κ1) is 11.8. The van der Waals surface area contributed by atoms with Crippen LogP contribution in [-0.2, 0) is 0 Å². The molecule has 1 aromatic carbocycles. The van der Waals surface area contributed by atoms with E-state index in [1.54, 1.807) is 7.11 Å². The van der Waals surface area contributed by atoms with E-state index in [1.807, 2.05) is 6.07 Å². The van der Waals surface area contributed by atoms with Gasteiger partial charge in [-0.2, -0.15) is 0 Å². The molecule has 0 saturated heterocycles. The van der Waals surface area contributed by atoms with Crippen LogP contribution in [0.1, 0.15) is 38.2 Å². The lowest BCUT2D eigenvalue weighted by molar-refractivity contribution is 0.413. The molecule has 0 amide bonds. The Bertz CT molecular complexity index is 315. The van der Waals surface area contributed by atoms with E-state index < -0.39 is 0 Å². The van der Waals surface area contributed by atoms with Crippen LogP contribution >= 0.6 is 0 Å². The zero-order valence-electron chi connectivity index (χ0n) is 9.86. The minimum absolute atomic E-state index is 0.608. The lowest BCUT2D eigenvalue weighted by Gasteiger charge is -2.13. The molecular weight excluding hydrogens is 184 g/mol. The van der Waals surface area contributed by atoms with Gasteiger partial charge in [-0.15, -0.1) is 0 Å². The molecule has 0 aliphatic carbocycles. The second kappa shape index (κ2) is 6.28. The third-order valence-electron chi connectivity index (χ3n) is 2.71. The molecule has 1 heteroatoms. The van der Waals surface area contributed by atoms with Crippen LogP contribution in [0.2, 0.25) is 0 Å². The average molecular weight is 204 g/mol. The Morgan fingerprint density at radius 1 is 1.40 bits per heavy atom. The van der Waals surface area contributed by atoms with E-state index in [2.05, 4.69) is 44.2 Å². The van der Waals surface area contributed by atoms with Crippen LogP contribution in [0, 0.1) is 0 Å². The summed E-state index contributed by atoms with van der Waals surface area (Å²) in [5.74, 6) is 1.56. The first-order valence-corrected chi connectivity index (χ1v) is 5.56. The molecule has 0 fully saturated rings. The van der Waals surface area contributed by atoms with E-state index in [1.165, 1.54) is 5.56 Å². The Balaban J connectivity index is 2.81. The average Bonchev–Trinajstić information content (AvgIpc) is 2.30. The molecule has 0 aliphatic rings. The Kier molecular flexibility index (Phi) is 4.96. The van der Waals surface area contributed by atoms with Crippen LogP contribution in [-0.4, -0.2) is 7.11 Å². The fraction of sp³-hybridized carbons (Fsp3) is 0.429. The Morgan fingerprint density at radius 2 is 2.20 bits per heavy atom. The van der Waals surface area contributed by atoms with Crippen LogP contribution in [0.4, 0.5) is 0 Å². The van der Waals surface area contributed by atoms with Crippen molar-refractivity contribution in [3.63, 3.8) is 0 Å². The molecule has 1 atom stereocenters. The lowest BCUT2D eigenvalue weighted by atomic mass is 9.93. The largest absolute Gasteiger partial charge is 0.497 e. The third kappa shape index (κ3) is 3.43. The van der Waals surface area contributed by atoms with Gasteiger partial charge in [0.25, 0.3) is 0 Å². The van der Waals surface area contributed by atoms with Crippen LogP contribution in [0.15, 0.2) is 36.4 Å². The number of rotatable bonds is 5. The molecule has 0 bridgehead atoms. The standard InChI is InChI=1S/C14H20O/c1-4-6-8-12(5-2)13-9-7-10-14(11-13)15-3/h4,6-7,9-12H,5,8H2,1-3H3/b6-4-. The molecule has 0 N–H and O–H groups in total. The number of ether oxygens (including phenoxy) is 1. The maximum absolute atomic E-state index is 5.24. The van der Waals surface area contributed by atoms with Crippen molar-refractivity contribution in [3.05, 3.63) is 42.0 Å². The van der Waals surface area contributed by atoms with Gasteiger partial charge in [0.15, 0.2) is 0 Å². The van der Waals surface area contributed by atoms with E-state index in [4.69, 9.17) is 4.74 Å². The molecule has 82 valence electrons. The Labute approximate surface area is 92.8 Å². The van der Waals surface area contributed by atoms with E-state index in [0.717, 1.165) is 18.6 Å². The zero-order valence-corrected chi connectivity index (χ0v) is 9.86. The molecular formula is C14H20O. The highest BCUT2D eigenvalue weighted by atomic mass is 16.5. The second-order valence-electron chi connectivity index (χ2n) is 3.69. The van der Waals surface area contributed by atoms with E-state index in [-0.39, 0.29) is 0 Å². The minimum Gasteiger partial charge on any atom is -0.497 e. The summed E-state index contributed by atoms with van der Waals surface area (Å²) in [6, 6.07) is 8.37. The van der Waals surface area contributed by atoms with E-state index >= 15 is 0 Å². The number of benzene rings is 1. The molecule has 1 nitrogen and oxygen atoms in total. The highest BCUT2D eigenvalue weighted by molar-refractivity contribution is 5.31. The lowest BCUT2D eigenvalue weighted by Crippen LogP contribution is -1.96. The zero-order chi connectivity index (χ0) is 11.1. The summed E-state index contributed by atoms with van der Waals surface area (Å²) >= 11 is 0. The fourth-order valence-corrected chi connectivity index (χ4v) is 1.73. The fourth-order valence-electron chi connectivity index (χ4n) is 1.73. The number of allylic oxidation sites excluding steroid dienone is 2. The summed E-state index contributed by atoms with van der Waals surface area (Å²) in [5, 5.41) is 0. The highest BCUT2D eigenvalue weighted by Crippen LogP contribution is 2.26. The maximum atomic E-state index is 5.24. The van der Waals surface area contributed by atoms with Gasteiger partial charge in [0, 0.05) is 0 Å². The summed E-state index contributed by atoms with van der Waals surface area (Å²) in [6.45, 7) is 4.30. The summed E-state index contributed by atoms with van der Waals surface area (Å²) in [5.41, 5.74) is 1.37. The second-order valence-corrected chi connectivity index (χ2v) is 3.69. The molecule has 0 spiro atoms. The molecule has 1 rings (SSSR count). The van der Waals surface area contributed by atoms with Gasteiger partial charge in [-0.3, -0.25) is 0 Å². The van der Waals surface area contributed by atoms with Crippen molar-refractivity contribution < 1.29 is 4.74 Å². The van der Waals surface area contributed by atoms with Crippen molar-refractivity contribution in [2.75, 3.05) is 7.11 Å². The van der Waals surface area contributed by atoms with Gasteiger partial charge in [-0.1, -0.05) is 31.2 Å². The smallest absolute Gasteiger partial charge is 0.119 e. The minimum atomic E-state index is 0.608. The van der Waals surface area contributed by atoms with Crippen molar-refractivity contribution in [2.24, 2.45) is 0 Å². The van der Waals surface area contributed by atoms with Crippen molar-refractivity contribution in [1.29, 1.82) is 0 Å². The molecule has 0 aliphatic heterocycles. The van der Waals surface area contributed by atoms with Gasteiger partial charge >= 0.3 is 0 Å². The highest BCUT2D eigenvalue weighted by Gasteiger charge is 2.07. The summed E-state index contributed by atoms with van der Waals surface area (Å²) in [4.78, 5) is 0. The summed E-state index contributed by atoms with van der Waals surface area (Å²) in [6.07, 6.45) is 6.62. The van der Waals surface area contributed by atoms with Gasteiger partial charge in [0.05, 0.1) is 7.11 Å². The predicted octanol–water partition coefficient (Wildman–Crippen LogP) is 4.16. The molecule has 0 saturated carbocycles. The summed E-state index contributed by atoms with van der Waals surface area (Å²) in [7, 11) is 1.71. The first-order valence-electron chi connectivity index (χ1n) is 5.56. The predicted molar refractivity (Wildman–Crippen MR) is 65.5 cm³/mol. The SMILES string of the molecule is C/C=C\CC(CC)c1cccc(OC)c1. The quantitative estimate of drug-likeness (QED) is 0.654. The van der Waals surface area contributed by atoms with Crippen LogP contribution in [0.25, 0.3) is 0 Å². The maximum Gasteiger partial charge on any atom is 0.119 e. The Hall–Kier alpha value is -1.24. The number of hydrogen-bond acceptors (Lipinski definition) is 1. The normalized spacial score (nSPS) is 13.0. The number of hydrogen-bond donors (Lipinski definition) is 0. The number of methoxy groups -OCH3 is 1. The Morgan fingerprint density at radius 3 is 2.80 bits per heavy atom. The summed E-state index contributed by atoms with van der Waals surface area (Å²) < 4.78 is 5.24. The van der Waals surface area contributed by atoms with Gasteiger partial charge in [-0.05, 0) is 43.4 Å². The van der Waals surface area contributed by atoms with Crippen molar-refractivity contribution in [2.45, 2.75) is 32.6 Å². The van der Waals surface area contributed by atoms with Gasteiger partial charge in [0.1, 0.15) is 5.75 Å². The molecule has 1 aromatic rings. The third-order valence-corrected chi connectivity index (χ3v) is 2.71. The molecule has 15 heavy (non-hydrogen) atoms. The molecule has 0 radical (unpaired) electrons. The molecule has 1 unspecified atom stereocenters. The molecule has 0 aromatic heterocycles. The monoisotopic (exact) mass is 204 g/mol. The van der Waals surface area contributed by atoms with Gasteiger partial charge in [0.2, 0.25) is 0 Å². The molecule has 0 heterocycles. The first-order chi connectivity index (χ1) is 7.31. The van der Waals surface area contributed by atoms with Crippen LogP contribution in [0.5, 0.6) is 5.75 Å². The van der Waals surface area contributed by atoms with Crippen LogP contribution < -0.4 is 4.74 Å². The van der Waals surface area contributed by atoms with Crippen molar-refractivity contribution >= 4 is 0 Å². The topological polar surface area (TPSA) is 9.23 Å². The van der Waals surface area contributed by atoms with Crippen molar-refractivity contribution in [3.8, 4) is 5.75 Å². The van der Waals surface area contributed by atoms with Crippen LogP contribution in [0.3, 0.4) is 0 Å². The van der Waals surface area contributed by atoms with E-state index in [0.29, 0.717) is 5.92 Å². The van der Waals surface area contributed by atoms with Gasteiger partial charge < -0.3 is 4.74 Å². The van der Waals surface area contributed by atoms with Crippen molar-refractivity contribution in [1.82, 2.24) is 0 Å².